The van der Waals surface area contributed by atoms with Gasteiger partial charge < -0.3 is 24.4 Å². The molecular formula is C16H21NO6. The molecule has 0 spiro atoms. The van der Waals surface area contributed by atoms with Crippen LogP contribution in [0.4, 0.5) is 0 Å². The standard InChI is InChI=1S/C16H21NO6/c1-21-9-10-23-8-7-13(18)14(16(19)20)15(17)11-3-5-12(22-2)6-4-11/h3-6,17-18H,7-10H2,1-2H3,(H,19,20)/b14-13+,17-15?. The summed E-state index contributed by atoms with van der Waals surface area (Å²) < 4.78 is 15.0. The molecule has 7 nitrogen and oxygen atoms in total. The number of ether oxygens (including phenoxy) is 3. The number of hydrogen-bond acceptors (Lipinski definition) is 6. The summed E-state index contributed by atoms with van der Waals surface area (Å²) in [7, 11) is 3.05. The minimum atomic E-state index is -1.36. The van der Waals surface area contributed by atoms with Crippen molar-refractivity contribution >= 4 is 11.7 Å². The third-order valence-corrected chi connectivity index (χ3v) is 3.05. The molecule has 1 aromatic rings. The number of aliphatic carboxylic acids is 1. The zero-order valence-corrected chi connectivity index (χ0v) is 13.2. The van der Waals surface area contributed by atoms with Crippen LogP contribution in [-0.2, 0) is 14.3 Å². The van der Waals surface area contributed by atoms with Crippen LogP contribution in [0, 0.1) is 5.41 Å². The van der Waals surface area contributed by atoms with Crippen LogP contribution in [-0.4, -0.2) is 55.9 Å². The largest absolute Gasteiger partial charge is 0.511 e. The summed E-state index contributed by atoms with van der Waals surface area (Å²) in [6.45, 7) is 0.905. The number of methoxy groups -OCH3 is 2. The zero-order valence-electron chi connectivity index (χ0n) is 13.2. The minimum Gasteiger partial charge on any atom is -0.511 e. The predicted molar refractivity (Wildman–Crippen MR) is 84.4 cm³/mol. The van der Waals surface area contributed by atoms with Gasteiger partial charge in [-0.25, -0.2) is 4.79 Å². The summed E-state index contributed by atoms with van der Waals surface area (Å²) in [6, 6.07) is 6.36. The predicted octanol–water partition coefficient (Wildman–Crippen LogP) is 2.01. The van der Waals surface area contributed by atoms with E-state index >= 15 is 0 Å². The fourth-order valence-electron chi connectivity index (χ4n) is 1.81. The molecule has 0 bridgehead atoms. The highest BCUT2D eigenvalue weighted by Crippen LogP contribution is 2.17. The Kier molecular flexibility index (Phi) is 7.79. The molecule has 0 saturated carbocycles. The lowest BCUT2D eigenvalue weighted by molar-refractivity contribution is -0.132. The first-order chi connectivity index (χ1) is 11.0. The van der Waals surface area contributed by atoms with Crippen molar-refractivity contribution in [1.82, 2.24) is 0 Å². The van der Waals surface area contributed by atoms with Crippen molar-refractivity contribution in [3.8, 4) is 5.75 Å². The molecule has 0 saturated heterocycles. The van der Waals surface area contributed by atoms with Crippen molar-refractivity contribution in [2.75, 3.05) is 34.0 Å². The van der Waals surface area contributed by atoms with Crippen LogP contribution in [0.3, 0.4) is 0 Å². The molecule has 7 heteroatoms. The fraction of sp³-hybridized carbons (Fsp3) is 0.375. The molecule has 23 heavy (non-hydrogen) atoms. The van der Waals surface area contributed by atoms with Gasteiger partial charge in [-0.2, -0.15) is 0 Å². The van der Waals surface area contributed by atoms with E-state index in [1.165, 1.54) is 7.11 Å². The van der Waals surface area contributed by atoms with Gasteiger partial charge in [0.2, 0.25) is 0 Å². The third kappa shape index (κ3) is 5.72. The van der Waals surface area contributed by atoms with Crippen LogP contribution in [0.2, 0.25) is 0 Å². The molecule has 3 N–H and O–H groups in total. The molecule has 0 aliphatic heterocycles. The van der Waals surface area contributed by atoms with E-state index in [-0.39, 0.29) is 18.7 Å². The molecule has 0 radical (unpaired) electrons. The molecule has 0 heterocycles. The smallest absolute Gasteiger partial charge is 0.341 e. The molecule has 1 aromatic carbocycles. The molecule has 0 aliphatic rings. The number of carbonyl (C=O) groups is 1. The summed E-state index contributed by atoms with van der Waals surface area (Å²) >= 11 is 0. The van der Waals surface area contributed by atoms with E-state index in [0.29, 0.717) is 24.5 Å². The number of carboxylic acid groups (broad SMARTS) is 1. The monoisotopic (exact) mass is 323 g/mol. The lowest BCUT2D eigenvalue weighted by Gasteiger charge is -2.10. The molecule has 0 amide bonds. The van der Waals surface area contributed by atoms with E-state index in [4.69, 9.17) is 19.6 Å². The summed E-state index contributed by atoms with van der Waals surface area (Å²) in [5, 5.41) is 27.3. The Bertz CT molecular complexity index is 564. The average molecular weight is 323 g/mol. The number of hydrogen-bond donors (Lipinski definition) is 3. The normalized spacial score (nSPS) is 11.7. The second-order valence-corrected chi connectivity index (χ2v) is 4.59. The molecule has 0 aliphatic carbocycles. The first kappa shape index (κ1) is 18.7. The Hall–Kier alpha value is -2.38. The van der Waals surface area contributed by atoms with Gasteiger partial charge in [0.05, 0.1) is 32.6 Å². The maximum Gasteiger partial charge on any atom is 0.341 e. The molecular weight excluding hydrogens is 302 g/mol. The Balaban J connectivity index is 2.84. The summed E-state index contributed by atoms with van der Waals surface area (Å²) in [5.74, 6) is -1.16. The van der Waals surface area contributed by atoms with E-state index in [2.05, 4.69) is 0 Å². The zero-order chi connectivity index (χ0) is 17.2. The van der Waals surface area contributed by atoms with E-state index in [1.807, 2.05) is 0 Å². The van der Waals surface area contributed by atoms with Crippen molar-refractivity contribution in [3.63, 3.8) is 0 Å². The number of benzene rings is 1. The summed E-state index contributed by atoms with van der Waals surface area (Å²) in [6.07, 6.45) is 0.00385. The highest BCUT2D eigenvalue weighted by atomic mass is 16.5. The molecule has 126 valence electrons. The van der Waals surface area contributed by atoms with E-state index in [0.717, 1.165) is 0 Å². The van der Waals surface area contributed by atoms with Gasteiger partial charge in [-0.3, -0.25) is 5.41 Å². The van der Waals surface area contributed by atoms with Crippen LogP contribution in [0.15, 0.2) is 35.6 Å². The van der Waals surface area contributed by atoms with Gasteiger partial charge in [0.25, 0.3) is 0 Å². The summed E-state index contributed by atoms with van der Waals surface area (Å²) in [4.78, 5) is 11.4. The number of rotatable bonds is 10. The number of nitrogens with one attached hydrogen (secondary N) is 1. The Labute approximate surface area is 134 Å². The van der Waals surface area contributed by atoms with Gasteiger partial charge in [0.1, 0.15) is 17.1 Å². The van der Waals surface area contributed by atoms with E-state index < -0.39 is 17.3 Å². The Morgan fingerprint density at radius 1 is 1.09 bits per heavy atom. The SMILES string of the molecule is COCCOCC/C(O)=C(/C(=N)c1ccc(OC)cc1)C(=O)O. The van der Waals surface area contributed by atoms with E-state index in [1.54, 1.807) is 31.4 Å². The van der Waals surface area contributed by atoms with Crippen LogP contribution in [0.1, 0.15) is 12.0 Å². The average Bonchev–Trinajstić information content (AvgIpc) is 2.54. The van der Waals surface area contributed by atoms with Gasteiger partial charge in [-0.05, 0) is 24.3 Å². The summed E-state index contributed by atoms with van der Waals surface area (Å²) in [5.41, 5.74) is -0.338. The van der Waals surface area contributed by atoms with Crippen LogP contribution < -0.4 is 4.74 Å². The maximum atomic E-state index is 11.4. The number of carboxylic acids is 1. The van der Waals surface area contributed by atoms with Crippen LogP contribution in [0.5, 0.6) is 5.75 Å². The fourth-order valence-corrected chi connectivity index (χ4v) is 1.81. The minimum absolute atomic E-state index is 0.00385. The number of aliphatic hydroxyl groups excluding tert-OH is 1. The highest BCUT2D eigenvalue weighted by Gasteiger charge is 2.20. The quantitative estimate of drug-likeness (QED) is 0.263. The van der Waals surface area contributed by atoms with Gasteiger partial charge in [-0.15, -0.1) is 0 Å². The van der Waals surface area contributed by atoms with Crippen molar-refractivity contribution < 1.29 is 29.2 Å². The second kappa shape index (κ2) is 9.60. The van der Waals surface area contributed by atoms with E-state index in [9.17, 15) is 15.0 Å². The lowest BCUT2D eigenvalue weighted by atomic mass is 10.0. The Morgan fingerprint density at radius 2 is 1.74 bits per heavy atom. The molecule has 0 unspecified atom stereocenters. The molecule has 0 fully saturated rings. The van der Waals surface area contributed by atoms with Crippen molar-refractivity contribution in [1.29, 1.82) is 5.41 Å². The van der Waals surface area contributed by atoms with Crippen molar-refractivity contribution in [2.45, 2.75) is 6.42 Å². The number of aliphatic hydroxyl groups is 1. The lowest BCUT2D eigenvalue weighted by Crippen LogP contribution is -2.16. The second-order valence-electron chi connectivity index (χ2n) is 4.59. The first-order valence-corrected chi connectivity index (χ1v) is 6.96. The Morgan fingerprint density at radius 3 is 2.26 bits per heavy atom. The van der Waals surface area contributed by atoms with Crippen LogP contribution in [0.25, 0.3) is 0 Å². The molecule has 0 atom stereocenters. The van der Waals surface area contributed by atoms with Gasteiger partial charge in [0, 0.05) is 19.1 Å². The van der Waals surface area contributed by atoms with Gasteiger partial charge in [-0.1, -0.05) is 0 Å². The van der Waals surface area contributed by atoms with Gasteiger partial charge >= 0.3 is 5.97 Å². The van der Waals surface area contributed by atoms with Gasteiger partial charge in [0.15, 0.2) is 0 Å². The first-order valence-electron chi connectivity index (χ1n) is 6.96. The highest BCUT2D eigenvalue weighted by molar-refractivity contribution is 6.25. The molecule has 1 rings (SSSR count). The van der Waals surface area contributed by atoms with Crippen molar-refractivity contribution in [2.24, 2.45) is 0 Å². The van der Waals surface area contributed by atoms with Crippen LogP contribution >= 0.6 is 0 Å². The van der Waals surface area contributed by atoms with Crippen molar-refractivity contribution in [3.05, 3.63) is 41.2 Å². The maximum absolute atomic E-state index is 11.4. The molecule has 0 aromatic heterocycles. The topological polar surface area (TPSA) is 109 Å². The third-order valence-electron chi connectivity index (χ3n) is 3.05.